The Morgan fingerprint density at radius 2 is 2.14 bits per heavy atom. The van der Waals surface area contributed by atoms with Crippen LogP contribution in [0.4, 0.5) is 0 Å². The monoisotopic (exact) mass is 306 g/mol. The van der Waals surface area contributed by atoms with E-state index in [9.17, 15) is 4.79 Å². The van der Waals surface area contributed by atoms with Crippen molar-refractivity contribution >= 4 is 17.2 Å². The van der Waals surface area contributed by atoms with Crippen molar-refractivity contribution in [1.29, 1.82) is 0 Å². The summed E-state index contributed by atoms with van der Waals surface area (Å²) in [5.74, 6) is 1.07. The van der Waals surface area contributed by atoms with Gasteiger partial charge in [0.2, 0.25) is 0 Å². The molecule has 2 aromatic rings. The summed E-state index contributed by atoms with van der Waals surface area (Å²) in [6.07, 6.45) is 3.51. The molecule has 114 valence electrons. The van der Waals surface area contributed by atoms with Gasteiger partial charge in [-0.2, -0.15) is 0 Å². The number of oxazole rings is 1. The van der Waals surface area contributed by atoms with E-state index in [1.807, 2.05) is 29.3 Å². The van der Waals surface area contributed by atoms with Gasteiger partial charge in [-0.3, -0.25) is 4.79 Å². The van der Waals surface area contributed by atoms with Crippen LogP contribution >= 0.6 is 11.3 Å². The van der Waals surface area contributed by atoms with Gasteiger partial charge in [-0.15, -0.1) is 11.3 Å². The van der Waals surface area contributed by atoms with Crippen molar-refractivity contribution in [2.24, 2.45) is 5.92 Å². The minimum Gasteiger partial charge on any atom is -0.442 e. The molecule has 0 aromatic carbocycles. The number of carbonyl (C=O) groups is 1. The second-order valence-corrected chi connectivity index (χ2v) is 5.98. The first-order chi connectivity index (χ1) is 10.2. The fourth-order valence-electron chi connectivity index (χ4n) is 2.35. The predicted molar refractivity (Wildman–Crippen MR) is 85.5 cm³/mol. The molecule has 4 nitrogen and oxygen atoms in total. The number of amides is 1. The standard InChI is InChI=1S/C16H22N2O2S/c1-4-12(5-2)10-18(6-3)16(19)14-15(20-11-17-14)13-8-7-9-21-13/h7-9,11-12H,4-6,10H2,1-3H3. The van der Waals surface area contributed by atoms with Gasteiger partial charge >= 0.3 is 0 Å². The Kier molecular flexibility index (Phi) is 5.56. The molecule has 1 amide bonds. The third-order valence-electron chi connectivity index (χ3n) is 3.82. The smallest absolute Gasteiger partial charge is 0.276 e. The van der Waals surface area contributed by atoms with Crippen LogP contribution < -0.4 is 0 Å². The summed E-state index contributed by atoms with van der Waals surface area (Å²) in [5.41, 5.74) is 0.422. The molecule has 21 heavy (non-hydrogen) atoms. The molecule has 0 unspecified atom stereocenters. The Hall–Kier alpha value is -1.62. The maximum atomic E-state index is 12.7. The lowest BCUT2D eigenvalue weighted by Crippen LogP contribution is -2.35. The van der Waals surface area contributed by atoms with Crippen molar-refractivity contribution in [1.82, 2.24) is 9.88 Å². The fourth-order valence-corrected chi connectivity index (χ4v) is 3.06. The number of hydrogen-bond donors (Lipinski definition) is 0. The molecule has 0 saturated carbocycles. The van der Waals surface area contributed by atoms with Gasteiger partial charge in [-0.25, -0.2) is 4.98 Å². The number of rotatable bonds is 7. The molecule has 0 fully saturated rings. The summed E-state index contributed by atoms with van der Waals surface area (Å²) < 4.78 is 5.43. The lowest BCUT2D eigenvalue weighted by molar-refractivity contribution is 0.0730. The molecule has 0 saturated heterocycles. The number of hydrogen-bond acceptors (Lipinski definition) is 4. The second kappa shape index (κ2) is 7.41. The third kappa shape index (κ3) is 3.53. The average Bonchev–Trinajstić information content (AvgIpc) is 3.18. The van der Waals surface area contributed by atoms with E-state index in [0.29, 0.717) is 23.9 Å². The molecular weight excluding hydrogens is 284 g/mol. The summed E-state index contributed by atoms with van der Waals surface area (Å²) in [4.78, 5) is 19.7. The van der Waals surface area contributed by atoms with Crippen LogP contribution in [0.1, 0.15) is 44.1 Å². The molecule has 0 atom stereocenters. The Morgan fingerprint density at radius 3 is 2.71 bits per heavy atom. The molecular formula is C16H22N2O2S. The fraction of sp³-hybridized carbons (Fsp3) is 0.500. The zero-order valence-corrected chi connectivity index (χ0v) is 13.7. The van der Waals surface area contributed by atoms with Crippen LogP contribution in [0.5, 0.6) is 0 Å². The minimum atomic E-state index is -0.0402. The van der Waals surface area contributed by atoms with E-state index in [2.05, 4.69) is 18.8 Å². The molecule has 0 bridgehead atoms. The summed E-state index contributed by atoms with van der Waals surface area (Å²) in [5, 5.41) is 1.97. The van der Waals surface area contributed by atoms with Gasteiger partial charge in [-0.1, -0.05) is 32.8 Å². The van der Waals surface area contributed by atoms with Crippen molar-refractivity contribution in [2.75, 3.05) is 13.1 Å². The van der Waals surface area contributed by atoms with Crippen molar-refractivity contribution < 1.29 is 9.21 Å². The second-order valence-electron chi connectivity index (χ2n) is 5.03. The number of thiophene rings is 1. The Morgan fingerprint density at radius 1 is 1.38 bits per heavy atom. The number of nitrogens with zero attached hydrogens (tertiary/aromatic N) is 2. The zero-order valence-electron chi connectivity index (χ0n) is 12.8. The number of carbonyl (C=O) groups excluding carboxylic acids is 1. The maximum Gasteiger partial charge on any atom is 0.276 e. The van der Waals surface area contributed by atoms with Crippen LogP contribution in [-0.4, -0.2) is 28.9 Å². The highest BCUT2D eigenvalue weighted by molar-refractivity contribution is 7.13. The van der Waals surface area contributed by atoms with Crippen molar-refractivity contribution in [2.45, 2.75) is 33.6 Å². The van der Waals surface area contributed by atoms with Gasteiger partial charge in [-0.05, 0) is 24.3 Å². The van der Waals surface area contributed by atoms with E-state index in [1.54, 1.807) is 11.3 Å². The van der Waals surface area contributed by atoms with Crippen LogP contribution in [0, 0.1) is 5.92 Å². The van der Waals surface area contributed by atoms with Crippen LogP contribution in [0.15, 0.2) is 28.3 Å². The van der Waals surface area contributed by atoms with Crippen molar-refractivity contribution in [3.8, 4) is 10.6 Å². The Bertz CT molecular complexity index is 559. The van der Waals surface area contributed by atoms with Gasteiger partial charge in [0.25, 0.3) is 5.91 Å². The summed E-state index contributed by atoms with van der Waals surface area (Å²) in [6.45, 7) is 7.80. The van der Waals surface area contributed by atoms with Crippen LogP contribution in [0.2, 0.25) is 0 Å². The first-order valence-corrected chi connectivity index (χ1v) is 8.35. The van der Waals surface area contributed by atoms with Crippen LogP contribution in [0.25, 0.3) is 10.6 Å². The van der Waals surface area contributed by atoms with Crippen LogP contribution in [-0.2, 0) is 0 Å². The molecule has 2 rings (SSSR count). The highest BCUT2D eigenvalue weighted by Crippen LogP contribution is 2.28. The summed E-state index contributed by atoms with van der Waals surface area (Å²) in [7, 11) is 0. The molecule has 5 heteroatoms. The third-order valence-corrected chi connectivity index (χ3v) is 4.69. The SMILES string of the molecule is CCC(CC)CN(CC)C(=O)c1ncoc1-c1cccs1. The minimum absolute atomic E-state index is 0.0402. The lowest BCUT2D eigenvalue weighted by atomic mass is 10.0. The zero-order chi connectivity index (χ0) is 15.2. The molecule has 0 radical (unpaired) electrons. The number of aromatic nitrogens is 1. The van der Waals surface area contributed by atoms with Gasteiger partial charge < -0.3 is 9.32 Å². The molecule has 0 aliphatic carbocycles. The molecule has 0 spiro atoms. The molecule has 2 aromatic heterocycles. The summed E-state index contributed by atoms with van der Waals surface area (Å²) >= 11 is 1.55. The van der Waals surface area contributed by atoms with Crippen molar-refractivity contribution in [3.63, 3.8) is 0 Å². The van der Waals surface area contributed by atoms with Gasteiger partial charge in [0.1, 0.15) is 0 Å². The largest absolute Gasteiger partial charge is 0.442 e. The quantitative estimate of drug-likeness (QED) is 0.766. The van der Waals surface area contributed by atoms with E-state index in [4.69, 9.17) is 4.42 Å². The van der Waals surface area contributed by atoms with Gasteiger partial charge in [0, 0.05) is 13.1 Å². The Labute approximate surface area is 129 Å². The molecule has 0 aliphatic heterocycles. The van der Waals surface area contributed by atoms with Crippen molar-refractivity contribution in [3.05, 3.63) is 29.6 Å². The molecule has 2 heterocycles. The highest BCUT2D eigenvalue weighted by Gasteiger charge is 2.24. The van der Waals surface area contributed by atoms with E-state index >= 15 is 0 Å². The van der Waals surface area contributed by atoms with E-state index in [-0.39, 0.29) is 5.91 Å². The molecule has 0 aliphatic rings. The summed E-state index contributed by atoms with van der Waals surface area (Å²) in [6, 6.07) is 3.89. The first kappa shape index (κ1) is 15.8. The lowest BCUT2D eigenvalue weighted by Gasteiger charge is -2.24. The van der Waals surface area contributed by atoms with E-state index in [1.165, 1.54) is 6.39 Å². The van der Waals surface area contributed by atoms with Gasteiger partial charge in [0.05, 0.1) is 4.88 Å². The maximum absolute atomic E-state index is 12.7. The van der Waals surface area contributed by atoms with Crippen LogP contribution in [0.3, 0.4) is 0 Å². The Balaban J connectivity index is 2.21. The highest BCUT2D eigenvalue weighted by atomic mass is 32.1. The van der Waals surface area contributed by atoms with E-state index < -0.39 is 0 Å². The normalized spacial score (nSPS) is 11.0. The van der Waals surface area contributed by atoms with Gasteiger partial charge in [0.15, 0.2) is 17.8 Å². The van der Waals surface area contributed by atoms with E-state index in [0.717, 1.165) is 24.3 Å². The topological polar surface area (TPSA) is 46.3 Å². The molecule has 0 N–H and O–H groups in total. The first-order valence-electron chi connectivity index (χ1n) is 7.47. The predicted octanol–water partition coefficient (Wildman–Crippen LogP) is 4.30. The average molecular weight is 306 g/mol.